The molecule has 5 nitrogen and oxygen atoms in total. The van der Waals surface area contributed by atoms with Gasteiger partial charge in [-0.3, -0.25) is 4.79 Å². The van der Waals surface area contributed by atoms with Crippen LogP contribution in [0.4, 0.5) is 0 Å². The minimum atomic E-state index is -1.51. The number of fused-ring (bicyclic) bond motifs is 1. The number of aliphatic hydroxyl groups excluding tert-OH is 1. The van der Waals surface area contributed by atoms with Crippen molar-refractivity contribution in [2.75, 3.05) is 0 Å². The van der Waals surface area contributed by atoms with E-state index in [4.69, 9.17) is 4.74 Å². The number of benzene rings is 1. The summed E-state index contributed by atoms with van der Waals surface area (Å²) in [5.41, 5.74) is 0.839. The van der Waals surface area contributed by atoms with Crippen LogP contribution in [-0.4, -0.2) is 34.2 Å². The van der Waals surface area contributed by atoms with E-state index in [1.807, 2.05) is 42.5 Å². The van der Waals surface area contributed by atoms with Crippen LogP contribution >= 0.6 is 0 Å². The fraction of sp³-hybridized carbons (Fsp3) is 0.375. The van der Waals surface area contributed by atoms with Crippen LogP contribution in [0.3, 0.4) is 0 Å². The van der Waals surface area contributed by atoms with Gasteiger partial charge in [0.15, 0.2) is 0 Å². The minimum Gasteiger partial charge on any atom is -0.457 e. The summed E-state index contributed by atoms with van der Waals surface area (Å²) in [5, 5.41) is 10.0. The number of carbonyl (C=O) groups excluding carboxylic acids is 2. The average molecular weight is 287 g/mol. The summed E-state index contributed by atoms with van der Waals surface area (Å²) in [6.45, 7) is 0.0900. The largest absolute Gasteiger partial charge is 0.457 e. The summed E-state index contributed by atoms with van der Waals surface area (Å²) in [4.78, 5) is 25.1. The second-order valence-corrected chi connectivity index (χ2v) is 5.33. The molecule has 3 rings (SSSR count). The first-order chi connectivity index (χ1) is 10.2. The Morgan fingerprint density at radius 1 is 1.29 bits per heavy atom. The third-order valence-corrected chi connectivity index (χ3v) is 4.03. The lowest BCUT2D eigenvalue weighted by Gasteiger charge is -2.49. The molecule has 0 bridgehead atoms. The zero-order chi connectivity index (χ0) is 14.8. The van der Waals surface area contributed by atoms with Gasteiger partial charge in [0.25, 0.3) is 0 Å². The highest BCUT2D eigenvalue weighted by Gasteiger charge is 2.51. The van der Waals surface area contributed by atoms with E-state index < -0.39 is 12.2 Å². The zero-order valence-corrected chi connectivity index (χ0v) is 11.5. The number of amides is 1. The Balaban J connectivity index is 1.58. The molecule has 1 aromatic rings. The number of hydrogen-bond donors (Lipinski definition) is 1. The van der Waals surface area contributed by atoms with E-state index in [1.54, 1.807) is 0 Å². The number of β-lactam (4-membered cyclic amide) rings is 1. The summed E-state index contributed by atoms with van der Waals surface area (Å²) in [6, 6.07) is 9.14. The fourth-order valence-corrected chi connectivity index (χ4v) is 2.86. The monoisotopic (exact) mass is 287 g/mol. The number of aliphatic hydroxyl groups is 1. The molecule has 0 radical (unpaired) electrons. The summed E-state index contributed by atoms with van der Waals surface area (Å²) in [7, 11) is 0. The number of ether oxygens (including phenoxy) is 1. The molecule has 1 fully saturated rings. The predicted molar refractivity (Wildman–Crippen MR) is 74.7 cm³/mol. The Hall–Kier alpha value is -2.14. The van der Waals surface area contributed by atoms with Crippen molar-refractivity contribution in [2.24, 2.45) is 5.92 Å². The molecule has 3 unspecified atom stereocenters. The van der Waals surface area contributed by atoms with Crippen LogP contribution in [0.15, 0.2) is 42.5 Å². The first kappa shape index (κ1) is 13.8. The molecule has 1 heterocycles. The maximum Gasteiger partial charge on any atom is 0.356 e. The smallest absolute Gasteiger partial charge is 0.356 e. The molecule has 5 heteroatoms. The molecular weight excluding hydrogens is 270 g/mol. The SMILES string of the molecule is O=C(OCc1ccccc1)C(O)N1C(=O)C2CC=CCC21. The van der Waals surface area contributed by atoms with Gasteiger partial charge in [-0.25, -0.2) is 4.79 Å². The predicted octanol–water partition coefficient (Wildman–Crippen LogP) is 1.23. The molecule has 1 aliphatic heterocycles. The fourth-order valence-electron chi connectivity index (χ4n) is 2.86. The Morgan fingerprint density at radius 2 is 2.00 bits per heavy atom. The second kappa shape index (κ2) is 5.69. The summed E-state index contributed by atoms with van der Waals surface area (Å²) < 4.78 is 5.07. The van der Waals surface area contributed by atoms with Gasteiger partial charge in [-0.15, -0.1) is 0 Å². The summed E-state index contributed by atoms with van der Waals surface area (Å²) in [5.74, 6) is -1.04. The van der Waals surface area contributed by atoms with Gasteiger partial charge in [0, 0.05) is 0 Å². The molecule has 1 saturated heterocycles. The third-order valence-electron chi connectivity index (χ3n) is 4.03. The molecular formula is C16H17NO4. The Morgan fingerprint density at radius 3 is 2.76 bits per heavy atom. The lowest BCUT2D eigenvalue weighted by Crippen LogP contribution is -2.66. The van der Waals surface area contributed by atoms with Gasteiger partial charge in [-0.2, -0.15) is 0 Å². The summed E-state index contributed by atoms with van der Waals surface area (Å²) in [6.07, 6.45) is 3.80. The topological polar surface area (TPSA) is 66.8 Å². The maximum atomic E-state index is 11.9. The van der Waals surface area contributed by atoms with Crippen molar-refractivity contribution < 1.29 is 19.4 Å². The lowest BCUT2D eigenvalue weighted by atomic mass is 9.79. The van der Waals surface area contributed by atoms with Crippen LogP contribution in [0.1, 0.15) is 18.4 Å². The first-order valence-corrected chi connectivity index (χ1v) is 7.04. The van der Waals surface area contributed by atoms with Crippen molar-refractivity contribution in [3.05, 3.63) is 48.0 Å². The Bertz CT molecular complexity index is 569. The maximum absolute atomic E-state index is 11.9. The second-order valence-electron chi connectivity index (χ2n) is 5.33. The van der Waals surface area contributed by atoms with Gasteiger partial charge in [-0.1, -0.05) is 42.5 Å². The van der Waals surface area contributed by atoms with Crippen LogP contribution < -0.4 is 0 Å². The quantitative estimate of drug-likeness (QED) is 0.514. The standard InChI is InChI=1S/C16H17NO4/c18-14-12-8-4-5-9-13(12)17(14)15(19)16(20)21-10-11-6-2-1-3-7-11/h1-7,12-13,15,19H,8-10H2. The highest BCUT2D eigenvalue weighted by Crippen LogP contribution is 2.36. The number of esters is 1. The van der Waals surface area contributed by atoms with Gasteiger partial charge in [-0.05, 0) is 18.4 Å². The number of likely N-dealkylation sites (tertiary alicyclic amines) is 1. The van der Waals surface area contributed by atoms with Gasteiger partial charge in [0.2, 0.25) is 12.1 Å². The van der Waals surface area contributed by atoms with E-state index in [9.17, 15) is 14.7 Å². The van der Waals surface area contributed by atoms with Crippen molar-refractivity contribution in [1.29, 1.82) is 0 Å². The first-order valence-electron chi connectivity index (χ1n) is 7.04. The molecule has 0 aromatic heterocycles. The number of rotatable bonds is 4. The van der Waals surface area contributed by atoms with E-state index in [-0.39, 0.29) is 24.5 Å². The summed E-state index contributed by atoms with van der Waals surface area (Å²) >= 11 is 0. The molecule has 1 amide bonds. The van der Waals surface area contributed by atoms with E-state index >= 15 is 0 Å². The highest BCUT2D eigenvalue weighted by atomic mass is 16.5. The van der Waals surface area contributed by atoms with Gasteiger partial charge in [0.1, 0.15) is 6.61 Å². The van der Waals surface area contributed by atoms with Gasteiger partial charge >= 0.3 is 5.97 Å². The van der Waals surface area contributed by atoms with Gasteiger partial charge < -0.3 is 14.7 Å². The zero-order valence-electron chi connectivity index (χ0n) is 11.5. The Kier molecular flexibility index (Phi) is 3.75. The van der Waals surface area contributed by atoms with Crippen molar-refractivity contribution in [3.63, 3.8) is 0 Å². The molecule has 3 atom stereocenters. The van der Waals surface area contributed by atoms with Crippen molar-refractivity contribution in [1.82, 2.24) is 4.90 Å². The van der Waals surface area contributed by atoms with Gasteiger partial charge in [0.05, 0.1) is 12.0 Å². The third kappa shape index (κ3) is 2.56. The van der Waals surface area contributed by atoms with Crippen molar-refractivity contribution in [3.8, 4) is 0 Å². The van der Waals surface area contributed by atoms with Crippen LogP contribution in [0.2, 0.25) is 0 Å². The molecule has 1 N–H and O–H groups in total. The van der Waals surface area contributed by atoms with E-state index in [0.29, 0.717) is 12.8 Å². The van der Waals surface area contributed by atoms with Crippen molar-refractivity contribution in [2.45, 2.75) is 31.7 Å². The molecule has 1 aliphatic carbocycles. The van der Waals surface area contributed by atoms with Crippen LogP contribution in [0.5, 0.6) is 0 Å². The van der Waals surface area contributed by atoms with Crippen molar-refractivity contribution >= 4 is 11.9 Å². The number of allylic oxidation sites excluding steroid dienone is 1. The van der Waals surface area contributed by atoms with Crippen LogP contribution in [-0.2, 0) is 20.9 Å². The van der Waals surface area contributed by atoms with Crippen LogP contribution in [0.25, 0.3) is 0 Å². The number of hydrogen-bond acceptors (Lipinski definition) is 4. The minimum absolute atomic E-state index is 0.0817. The van der Waals surface area contributed by atoms with Crippen LogP contribution in [0, 0.1) is 5.92 Å². The number of nitrogens with zero attached hydrogens (tertiary/aromatic N) is 1. The molecule has 110 valence electrons. The van der Waals surface area contributed by atoms with E-state index in [1.165, 1.54) is 4.90 Å². The van der Waals surface area contributed by atoms with E-state index in [0.717, 1.165) is 5.56 Å². The molecule has 0 spiro atoms. The molecule has 2 aliphatic rings. The molecule has 0 saturated carbocycles. The van der Waals surface area contributed by atoms with E-state index in [2.05, 4.69) is 0 Å². The molecule has 21 heavy (non-hydrogen) atoms. The normalized spacial score (nSPS) is 25.0. The highest BCUT2D eigenvalue weighted by molar-refractivity contribution is 5.90. The average Bonchev–Trinajstić information content (AvgIpc) is 2.53. The lowest BCUT2D eigenvalue weighted by molar-refractivity contribution is -0.192. The Labute approximate surface area is 122 Å². The molecule has 1 aromatic carbocycles. The number of carbonyl (C=O) groups is 2.